The van der Waals surface area contributed by atoms with Gasteiger partial charge in [-0.3, -0.25) is 0 Å². The third-order valence-corrected chi connectivity index (χ3v) is 1.42. The predicted octanol–water partition coefficient (Wildman–Crippen LogP) is 0.825. The predicted molar refractivity (Wildman–Crippen MR) is 29.1 cm³/mol. The number of hydrogen-bond donors (Lipinski definition) is 0. The van der Waals surface area contributed by atoms with Crippen LogP contribution >= 0.6 is 20.8 Å². The van der Waals surface area contributed by atoms with Gasteiger partial charge in [-0.05, 0) is 0 Å². The van der Waals surface area contributed by atoms with Crippen LogP contribution in [0.15, 0.2) is 0 Å². The van der Waals surface area contributed by atoms with Gasteiger partial charge in [0.05, 0.1) is 11.7 Å². The zero-order chi connectivity index (χ0) is 4.57. The molecule has 3 atom stereocenters. The van der Waals surface area contributed by atoms with Crippen LogP contribution < -0.4 is 0 Å². The summed E-state index contributed by atoms with van der Waals surface area (Å²) < 4.78 is 4.82. The van der Waals surface area contributed by atoms with E-state index in [1.807, 2.05) is 0 Å². The minimum Gasteiger partial charge on any atom is -0.371 e. The molecule has 0 amide bonds. The first-order valence-corrected chi connectivity index (χ1v) is 2.92. The van der Waals surface area contributed by atoms with E-state index in [0.29, 0.717) is 6.10 Å². The zero-order valence-corrected chi connectivity index (χ0v) is 5.14. The van der Waals surface area contributed by atoms with E-state index in [1.54, 1.807) is 0 Å². The first-order chi connectivity index (χ1) is 2.80. The maximum Gasteiger partial charge on any atom is 0.101 e. The highest BCUT2D eigenvalue weighted by Gasteiger charge is 2.27. The van der Waals surface area contributed by atoms with E-state index in [0.717, 1.165) is 6.61 Å². The van der Waals surface area contributed by atoms with Gasteiger partial charge < -0.3 is 4.74 Å². The lowest BCUT2D eigenvalue weighted by Gasteiger charge is -1.88. The molecule has 1 nitrogen and oxygen atoms in total. The third-order valence-electron chi connectivity index (χ3n) is 0.714. The lowest BCUT2D eigenvalue weighted by molar-refractivity contribution is 0.419. The van der Waals surface area contributed by atoms with Gasteiger partial charge in [-0.15, -0.1) is 20.8 Å². The van der Waals surface area contributed by atoms with Gasteiger partial charge in [0.1, 0.15) is 6.10 Å². The molecule has 36 valence electrons. The molecule has 3 unspecified atom stereocenters. The summed E-state index contributed by atoms with van der Waals surface area (Å²) in [6.45, 7) is 0.845. The lowest BCUT2D eigenvalue weighted by Crippen LogP contribution is -1.93. The van der Waals surface area contributed by atoms with Gasteiger partial charge in [0.25, 0.3) is 0 Å². The molecule has 6 heavy (non-hydrogen) atoms. The monoisotopic (exact) mass is 124 g/mol. The van der Waals surface area contributed by atoms with Crippen molar-refractivity contribution in [3.8, 4) is 0 Å². The summed E-state index contributed by atoms with van der Waals surface area (Å²) in [5, 5.41) is 0.130. The molecule has 0 aliphatic carbocycles. The Kier molecular flexibility index (Phi) is 1.33. The van der Waals surface area contributed by atoms with Crippen LogP contribution in [0.2, 0.25) is 0 Å². The second-order valence-electron chi connectivity index (χ2n) is 1.32. The Morgan fingerprint density at radius 1 is 2.00 bits per heavy atom. The average Bonchev–Trinajstić information content (AvgIpc) is 2.06. The van der Waals surface area contributed by atoms with Crippen molar-refractivity contribution in [3.63, 3.8) is 0 Å². The lowest BCUT2D eigenvalue weighted by atomic mass is 10.6. The summed E-state index contributed by atoms with van der Waals surface area (Å²) in [5.74, 6) is 0. The topological polar surface area (TPSA) is 12.5 Å². The maximum absolute atomic E-state index is 5.51. The fraction of sp³-hybridized carbons (Fsp3) is 1.00. The zero-order valence-electron chi connectivity index (χ0n) is 3.23. The van der Waals surface area contributed by atoms with Crippen molar-refractivity contribution < 1.29 is 4.74 Å². The van der Waals surface area contributed by atoms with Crippen molar-refractivity contribution in [2.75, 3.05) is 6.61 Å². The Balaban J connectivity index is 2.13. The van der Waals surface area contributed by atoms with Crippen LogP contribution in [0.1, 0.15) is 0 Å². The summed E-state index contributed by atoms with van der Waals surface area (Å²) in [7, 11) is 2.48. The van der Waals surface area contributed by atoms with Crippen LogP contribution in [0.4, 0.5) is 0 Å². The van der Waals surface area contributed by atoms with Crippen molar-refractivity contribution in [2.24, 2.45) is 0 Å². The molecule has 0 radical (unpaired) electrons. The smallest absolute Gasteiger partial charge is 0.101 e. The van der Waals surface area contributed by atoms with Crippen molar-refractivity contribution >= 4 is 20.8 Å². The number of alkyl halides is 1. The fourth-order valence-electron chi connectivity index (χ4n) is 0.239. The number of ether oxygens (including phenoxy) is 1. The SMILES string of the molecule is PC(Cl)C1CO1. The minimum absolute atomic E-state index is 0.130. The second kappa shape index (κ2) is 1.65. The molecular formula is C3H6ClOP. The molecular weight excluding hydrogens is 118 g/mol. The summed E-state index contributed by atoms with van der Waals surface area (Å²) in [6, 6.07) is 0. The van der Waals surface area contributed by atoms with Gasteiger partial charge in [-0.25, -0.2) is 0 Å². The van der Waals surface area contributed by atoms with E-state index in [4.69, 9.17) is 16.3 Å². The molecule has 0 aromatic heterocycles. The van der Waals surface area contributed by atoms with Gasteiger partial charge in [0.15, 0.2) is 0 Å². The Hall–Kier alpha value is 0.680. The summed E-state index contributed by atoms with van der Waals surface area (Å²) in [4.78, 5) is 0. The van der Waals surface area contributed by atoms with Gasteiger partial charge in [0, 0.05) is 0 Å². The highest BCUT2D eigenvalue weighted by molar-refractivity contribution is 7.21. The van der Waals surface area contributed by atoms with E-state index in [9.17, 15) is 0 Å². The molecule has 0 spiro atoms. The quantitative estimate of drug-likeness (QED) is 0.287. The van der Waals surface area contributed by atoms with Crippen molar-refractivity contribution in [1.82, 2.24) is 0 Å². The fourth-order valence-corrected chi connectivity index (χ4v) is 0.607. The molecule has 0 aromatic rings. The number of halogens is 1. The number of rotatable bonds is 1. The molecule has 1 heterocycles. The van der Waals surface area contributed by atoms with E-state index in [2.05, 4.69) is 9.24 Å². The van der Waals surface area contributed by atoms with Gasteiger partial charge in [-0.1, -0.05) is 0 Å². The van der Waals surface area contributed by atoms with Crippen molar-refractivity contribution in [3.05, 3.63) is 0 Å². The van der Waals surface area contributed by atoms with Crippen LogP contribution in [0, 0.1) is 0 Å². The first-order valence-electron chi connectivity index (χ1n) is 1.82. The molecule has 0 aromatic carbocycles. The third kappa shape index (κ3) is 1.07. The molecule has 1 aliphatic rings. The van der Waals surface area contributed by atoms with Crippen molar-refractivity contribution in [2.45, 2.75) is 11.2 Å². The normalized spacial score (nSPS) is 36.0. The summed E-state index contributed by atoms with van der Waals surface area (Å²) in [5.41, 5.74) is 0. The molecule has 1 saturated heterocycles. The van der Waals surface area contributed by atoms with Gasteiger partial charge in [0.2, 0.25) is 0 Å². The van der Waals surface area contributed by atoms with Gasteiger partial charge in [-0.2, -0.15) is 0 Å². The number of epoxide rings is 1. The standard InChI is InChI=1S/C3H6ClOP/c4-3(6)2-1-5-2/h2-3H,1,6H2. The Morgan fingerprint density at radius 3 is 2.50 bits per heavy atom. The average molecular weight is 125 g/mol. The van der Waals surface area contributed by atoms with Crippen LogP contribution in [-0.2, 0) is 4.74 Å². The van der Waals surface area contributed by atoms with E-state index in [-0.39, 0.29) is 5.12 Å². The molecule has 0 N–H and O–H groups in total. The Morgan fingerprint density at radius 2 is 2.50 bits per heavy atom. The Bertz CT molecular complexity index is 52.8. The van der Waals surface area contributed by atoms with Crippen LogP contribution in [0.3, 0.4) is 0 Å². The van der Waals surface area contributed by atoms with Crippen LogP contribution in [0.25, 0.3) is 0 Å². The molecule has 0 bridgehead atoms. The molecule has 3 heteroatoms. The van der Waals surface area contributed by atoms with E-state index < -0.39 is 0 Å². The molecule has 0 saturated carbocycles. The van der Waals surface area contributed by atoms with E-state index >= 15 is 0 Å². The minimum atomic E-state index is 0.130. The maximum atomic E-state index is 5.51. The van der Waals surface area contributed by atoms with Crippen molar-refractivity contribution in [1.29, 1.82) is 0 Å². The molecule has 1 aliphatic heterocycles. The molecule has 1 rings (SSSR count). The van der Waals surface area contributed by atoms with Gasteiger partial charge >= 0.3 is 0 Å². The Labute approximate surface area is 44.2 Å². The first kappa shape index (κ1) is 4.83. The summed E-state index contributed by atoms with van der Waals surface area (Å²) >= 11 is 5.51. The summed E-state index contributed by atoms with van der Waals surface area (Å²) in [6.07, 6.45) is 0.330. The second-order valence-corrected chi connectivity index (χ2v) is 2.96. The largest absolute Gasteiger partial charge is 0.371 e. The molecule has 1 fully saturated rings. The highest BCUT2D eigenvalue weighted by Crippen LogP contribution is 2.23. The highest BCUT2D eigenvalue weighted by atomic mass is 35.5. The van der Waals surface area contributed by atoms with E-state index in [1.165, 1.54) is 0 Å². The van der Waals surface area contributed by atoms with Crippen LogP contribution in [-0.4, -0.2) is 17.8 Å². The number of hydrogen-bond acceptors (Lipinski definition) is 1. The van der Waals surface area contributed by atoms with Crippen LogP contribution in [0.5, 0.6) is 0 Å².